The molecule has 1 amide bonds. The number of rotatable bonds is 2. The predicted molar refractivity (Wildman–Crippen MR) is 82.8 cm³/mol. The average molecular weight is 333 g/mol. The first-order valence-electron chi connectivity index (χ1n) is 15.7. The predicted octanol–water partition coefficient (Wildman–Crippen LogP) is 1.16. The van der Waals surface area contributed by atoms with Crippen LogP contribution in [0.15, 0.2) is 0 Å². The Morgan fingerprint density at radius 2 is 2.09 bits per heavy atom. The van der Waals surface area contributed by atoms with Crippen LogP contribution in [0.3, 0.4) is 0 Å². The van der Waals surface area contributed by atoms with Crippen LogP contribution >= 0.6 is 0 Å². The van der Waals surface area contributed by atoms with Crippen LogP contribution in [0, 0.1) is 34.5 Å². The highest BCUT2D eigenvalue weighted by atomic mass is 16.3. The number of carbonyl (C=O) groups is 1. The molecular weight excluding hydrogens is 290 g/mol. The maximum atomic E-state index is 14.0. The third-order valence-electron chi connectivity index (χ3n) is 4.61. The third-order valence-corrected chi connectivity index (χ3v) is 4.61. The number of hydrogen-bond donors (Lipinski definition) is 2. The number of hydrogen-bond acceptors (Lipinski definition) is 4. The van der Waals surface area contributed by atoms with E-state index in [0.29, 0.717) is 4.90 Å². The molecule has 0 aromatic rings. The zero-order valence-electron chi connectivity index (χ0n) is 28.8. The molecule has 0 radical (unpaired) electrons. The fourth-order valence-electron chi connectivity index (χ4n) is 3.50. The van der Waals surface area contributed by atoms with Gasteiger partial charge in [-0.25, -0.2) is 0 Å². The summed E-state index contributed by atoms with van der Waals surface area (Å²) in [6, 6.07) is -5.93. The van der Waals surface area contributed by atoms with Crippen molar-refractivity contribution in [2.45, 2.75) is 74.7 Å². The monoisotopic (exact) mass is 332 g/mol. The number of nitrogens with zero attached hydrogens (tertiary/aromatic N) is 2. The first-order chi connectivity index (χ1) is 17.5. The Labute approximate surface area is 160 Å². The van der Waals surface area contributed by atoms with Gasteiger partial charge in [0, 0.05) is 28.0 Å². The van der Waals surface area contributed by atoms with E-state index >= 15 is 0 Å². The van der Waals surface area contributed by atoms with Gasteiger partial charge < -0.3 is 15.7 Å². The number of carbonyl (C=O) groups excluding carboxylic acids is 1. The normalized spacial score (nSPS) is 89.6. The average Bonchev–Trinajstić information content (AvgIpc) is 3.56. The van der Waals surface area contributed by atoms with E-state index in [1.807, 2.05) is 0 Å². The topological polar surface area (TPSA) is 90.3 Å². The lowest BCUT2D eigenvalue weighted by Crippen LogP contribution is -2.64. The summed E-state index contributed by atoms with van der Waals surface area (Å²) in [7, 11) is 0. The maximum Gasteiger partial charge on any atom is 0.241 e. The highest BCUT2D eigenvalue weighted by molar-refractivity contribution is 5.84. The molecule has 0 aromatic carbocycles. The Kier molecular flexibility index (Phi) is 0.967. The Morgan fingerprint density at radius 3 is 2.74 bits per heavy atom. The first kappa shape index (κ1) is 5.19. The summed E-state index contributed by atoms with van der Waals surface area (Å²) in [5.74, 6) is -11.2. The SMILES string of the molecule is [2H]C1([2H])C2([2H])C([2H])([2H])C3(O)C([2H])([2H])C1([2H])C([2H])([2H])C([C@H](N)C(=O)N1[C@H]4C[C@H]4C([2H])([2H])[C@@]1([2H])C#N)(C2([2H])[2H])C3([2H])[2H]. The summed E-state index contributed by atoms with van der Waals surface area (Å²) in [6.07, 6.45) is -28.1. The Hall–Kier alpha value is -1.12. The zero-order chi connectivity index (χ0) is 31.3. The van der Waals surface area contributed by atoms with Crippen LogP contribution in [0.25, 0.3) is 0 Å². The minimum atomic E-state index is -4.35. The van der Waals surface area contributed by atoms with E-state index in [1.54, 1.807) is 0 Å². The second-order valence-corrected chi connectivity index (χ2v) is 6.22. The van der Waals surface area contributed by atoms with Crippen molar-refractivity contribution in [3.05, 3.63) is 0 Å². The van der Waals surface area contributed by atoms with Gasteiger partial charge in [-0.05, 0) is 74.2 Å². The van der Waals surface area contributed by atoms with Crippen molar-refractivity contribution in [1.29, 1.82) is 5.26 Å². The molecule has 3 N–H and O–H groups in total. The summed E-state index contributed by atoms with van der Waals surface area (Å²) < 4.78 is 147. The van der Waals surface area contributed by atoms with Gasteiger partial charge in [0.05, 0.1) is 19.1 Å². The summed E-state index contributed by atoms with van der Waals surface area (Å²) in [4.78, 5) is 14.3. The molecular formula is C18H25N3O2. The second kappa shape index (κ2) is 4.29. The summed E-state index contributed by atoms with van der Waals surface area (Å²) in [5, 5.41) is 21.4. The molecule has 6 rings (SSSR count). The number of nitrogens with two attached hydrogens (primary N) is 1. The molecule has 6 atom stereocenters. The van der Waals surface area contributed by atoms with Crippen LogP contribution in [0.1, 0.15) is 74.3 Å². The zero-order valence-corrected chi connectivity index (χ0v) is 11.8. The van der Waals surface area contributed by atoms with Crippen LogP contribution in [0.5, 0.6) is 0 Å². The number of fused-ring (bicyclic) bond motifs is 1. The molecule has 0 spiro atoms. The standard InChI is InChI=1S/C18H25N3O2/c19-8-13-2-12-3-14(12)21(13)16(22)15(20)17-4-10-1-11(5-17)7-18(23,6-10)9-17/h10-15,23H,1-7,9,20H2/t10?,11?,12-,13+,14+,15-,17?,18?/m1/s1/i1D2,2D2,4D2,5D2,6D2,7D2,9D2,10D,11D,13D. The third kappa shape index (κ3) is 1.88. The first-order valence-corrected chi connectivity index (χ1v) is 7.21. The Bertz CT molecular complexity index is 1180. The lowest BCUT2D eigenvalue weighted by atomic mass is 9.46. The second-order valence-electron chi connectivity index (χ2n) is 6.22. The number of aliphatic hydroxyl groups is 1. The highest BCUT2D eigenvalue weighted by Crippen LogP contribution is 2.63. The van der Waals surface area contributed by atoms with Crippen molar-refractivity contribution in [3.8, 4) is 6.07 Å². The highest BCUT2D eigenvalue weighted by Gasteiger charge is 2.62. The molecule has 5 heteroatoms. The molecule has 4 bridgehead atoms. The molecule has 6 aliphatic rings. The molecule has 2 unspecified atom stereocenters. The van der Waals surface area contributed by atoms with Crippen LogP contribution in [-0.2, 0) is 4.79 Å². The molecule has 124 valence electrons. The Balaban J connectivity index is 1.90. The quantitative estimate of drug-likeness (QED) is 0.794. The summed E-state index contributed by atoms with van der Waals surface area (Å²) in [5.41, 5.74) is -2.31. The molecule has 6 fully saturated rings. The lowest BCUT2D eigenvalue weighted by molar-refractivity contribution is -0.177. The van der Waals surface area contributed by atoms with E-state index in [0.717, 1.165) is 0 Å². The molecule has 5 aliphatic carbocycles. The van der Waals surface area contributed by atoms with Crippen LogP contribution < -0.4 is 5.73 Å². The van der Waals surface area contributed by atoms with Crippen LogP contribution in [0.4, 0.5) is 0 Å². The van der Waals surface area contributed by atoms with Crippen molar-refractivity contribution in [2.24, 2.45) is 28.9 Å². The molecule has 5 saturated carbocycles. The summed E-state index contributed by atoms with van der Waals surface area (Å²) in [6.45, 7) is 0. The van der Waals surface area contributed by atoms with E-state index in [-0.39, 0.29) is 6.42 Å². The summed E-state index contributed by atoms with van der Waals surface area (Å²) >= 11 is 0. The van der Waals surface area contributed by atoms with Gasteiger partial charge in [0.1, 0.15) is 6.02 Å². The van der Waals surface area contributed by atoms with Crippen LogP contribution in [-0.4, -0.2) is 39.6 Å². The van der Waals surface area contributed by atoms with Crippen molar-refractivity contribution in [2.75, 3.05) is 0 Å². The van der Waals surface area contributed by atoms with E-state index < -0.39 is 97.3 Å². The molecule has 0 aromatic heterocycles. The van der Waals surface area contributed by atoms with Gasteiger partial charge in [-0.15, -0.1) is 0 Å². The number of likely N-dealkylation sites (tertiary alicyclic amines) is 1. The minimum absolute atomic E-state index is 0.101. The number of amides is 1. The number of nitriles is 1. The van der Waals surface area contributed by atoms with Crippen molar-refractivity contribution < 1.29 is 33.2 Å². The van der Waals surface area contributed by atoms with Gasteiger partial charge >= 0.3 is 0 Å². The fraction of sp³-hybridized carbons (Fsp3) is 0.889. The van der Waals surface area contributed by atoms with Gasteiger partial charge in [-0.3, -0.25) is 4.79 Å². The Morgan fingerprint density at radius 1 is 1.39 bits per heavy atom. The van der Waals surface area contributed by atoms with E-state index in [2.05, 4.69) is 0 Å². The van der Waals surface area contributed by atoms with Crippen molar-refractivity contribution >= 4 is 5.91 Å². The van der Waals surface area contributed by atoms with Crippen LogP contribution in [0.2, 0.25) is 0 Å². The van der Waals surface area contributed by atoms with E-state index in [1.165, 1.54) is 6.07 Å². The van der Waals surface area contributed by atoms with Gasteiger partial charge in [0.25, 0.3) is 0 Å². The fourth-order valence-corrected chi connectivity index (χ4v) is 3.50. The van der Waals surface area contributed by atoms with Crippen molar-refractivity contribution in [1.82, 2.24) is 4.90 Å². The molecule has 5 nitrogen and oxygen atoms in total. The smallest absolute Gasteiger partial charge is 0.241 e. The van der Waals surface area contributed by atoms with E-state index in [9.17, 15) is 15.2 Å². The van der Waals surface area contributed by atoms with Gasteiger partial charge in [0.2, 0.25) is 5.91 Å². The van der Waals surface area contributed by atoms with Gasteiger partial charge in [-0.2, -0.15) is 5.26 Å². The molecule has 1 saturated heterocycles. The molecule has 1 heterocycles. The van der Waals surface area contributed by atoms with E-state index in [4.69, 9.17) is 29.0 Å². The van der Waals surface area contributed by atoms with Gasteiger partial charge in [-0.1, -0.05) is 0 Å². The minimum Gasteiger partial charge on any atom is -0.390 e. The lowest BCUT2D eigenvalue weighted by Gasteiger charge is -2.61. The van der Waals surface area contributed by atoms with Gasteiger partial charge in [0.15, 0.2) is 0 Å². The number of piperidine rings is 1. The molecule has 1 aliphatic heterocycles. The largest absolute Gasteiger partial charge is 0.390 e. The van der Waals surface area contributed by atoms with Crippen molar-refractivity contribution in [3.63, 3.8) is 0 Å². The maximum absolute atomic E-state index is 14.0. The molecule has 23 heavy (non-hydrogen) atoms.